The Morgan fingerprint density at radius 3 is 2.55 bits per heavy atom. The SMILES string of the molecule is CN(C(=O)c1cc([N+](=O)[O-])cn1C)C1CCC(N)CC1. The van der Waals surface area contributed by atoms with Crippen LogP contribution in [0.15, 0.2) is 12.3 Å². The fraction of sp³-hybridized carbons (Fsp3) is 0.615. The highest BCUT2D eigenvalue weighted by atomic mass is 16.6. The Labute approximate surface area is 117 Å². The molecular formula is C13H20N4O3. The summed E-state index contributed by atoms with van der Waals surface area (Å²) in [5.41, 5.74) is 6.14. The number of amides is 1. The molecule has 0 atom stereocenters. The fourth-order valence-electron chi connectivity index (χ4n) is 2.69. The van der Waals surface area contributed by atoms with Gasteiger partial charge in [-0.1, -0.05) is 0 Å². The van der Waals surface area contributed by atoms with Gasteiger partial charge in [0.1, 0.15) is 5.69 Å². The fourth-order valence-corrected chi connectivity index (χ4v) is 2.69. The normalized spacial score (nSPS) is 22.6. The highest BCUT2D eigenvalue weighted by molar-refractivity contribution is 5.93. The molecule has 20 heavy (non-hydrogen) atoms. The molecule has 1 heterocycles. The van der Waals surface area contributed by atoms with Crippen LogP contribution in [0, 0.1) is 10.1 Å². The molecule has 0 aromatic carbocycles. The van der Waals surface area contributed by atoms with Crippen LogP contribution in [0.4, 0.5) is 5.69 Å². The quantitative estimate of drug-likeness (QED) is 0.666. The Morgan fingerprint density at radius 2 is 2.05 bits per heavy atom. The summed E-state index contributed by atoms with van der Waals surface area (Å²) < 4.78 is 1.51. The maximum absolute atomic E-state index is 12.4. The lowest BCUT2D eigenvalue weighted by Crippen LogP contribution is -2.42. The number of hydrogen-bond donors (Lipinski definition) is 1. The molecule has 1 amide bonds. The van der Waals surface area contributed by atoms with Gasteiger partial charge in [0.25, 0.3) is 11.6 Å². The van der Waals surface area contributed by atoms with E-state index in [1.165, 1.54) is 16.8 Å². The molecule has 2 rings (SSSR count). The molecular weight excluding hydrogens is 260 g/mol. The van der Waals surface area contributed by atoms with Gasteiger partial charge in [-0.25, -0.2) is 0 Å². The van der Waals surface area contributed by atoms with Gasteiger partial charge in [0, 0.05) is 32.2 Å². The van der Waals surface area contributed by atoms with E-state index in [-0.39, 0.29) is 23.7 Å². The Hall–Kier alpha value is -1.89. The molecule has 1 aliphatic rings. The number of nitrogens with two attached hydrogens (primary N) is 1. The second kappa shape index (κ2) is 5.62. The molecule has 1 aromatic rings. The van der Waals surface area contributed by atoms with Crippen LogP contribution in [-0.4, -0.2) is 39.4 Å². The number of nitrogens with zero attached hydrogens (tertiary/aromatic N) is 3. The molecule has 2 N–H and O–H groups in total. The number of carbonyl (C=O) groups excluding carboxylic acids is 1. The number of rotatable bonds is 3. The van der Waals surface area contributed by atoms with Crippen molar-refractivity contribution in [3.05, 3.63) is 28.1 Å². The predicted octanol–water partition coefficient (Wildman–Crippen LogP) is 1.28. The third-order valence-corrected chi connectivity index (χ3v) is 4.03. The zero-order valence-corrected chi connectivity index (χ0v) is 11.8. The van der Waals surface area contributed by atoms with E-state index in [1.54, 1.807) is 19.0 Å². The van der Waals surface area contributed by atoms with Crippen LogP contribution in [-0.2, 0) is 7.05 Å². The molecule has 110 valence electrons. The highest BCUT2D eigenvalue weighted by Crippen LogP contribution is 2.24. The Bertz CT molecular complexity index is 518. The summed E-state index contributed by atoms with van der Waals surface area (Å²) in [4.78, 5) is 24.4. The molecule has 0 radical (unpaired) electrons. The number of carbonyl (C=O) groups is 1. The van der Waals surface area contributed by atoms with Gasteiger partial charge in [0.2, 0.25) is 0 Å². The molecule has 0 spiro atoms. The molecule has 0 aliphatic heterocycles. The Balaban J connectivity index is 2.12. The van der Waals surface area contributed by atoms with E-state index in [2.05, 4.69) is 0 Å². The van der Waals surface area contributed by atoms with Crippen molar-refractivity contribution in [2.75, 3.05) is 7.05 Å². The second-order valence-electron chi connectivity index (χ2n) is 5.44. The number of aryl methyl sites for hydroxylation is 1. The minimum absolute atomic E-state index is 0.0603. The van der Waals surface area contributed by atoms with Crippen molar-refractivity contribution in [1.29, 1.82) is 0 Å². The van der Waals surface area contributed by atoms with Gasteiger partial charge in [-0.3, -0.25) is 14.9 Å². The molecule has 0 unspecified atom stereocenters. The third kappa shape index (κ3) is 2.82. The molecule has 7 heteroatoms. The van der Waals surface area contributed by atoms with Crippen molar-refractivity contribution in [2.24, 2.45) is 12.8 Å². The van der Waals surface area contributed by atoms with Crippen LogP contribution in [0.2, 0.25) is 0 Å². The van der Waals surface area contributed by atoms with Crippen LogP contribution in [0.5, 0.6) is 0 Å². The van der Waals surface area contributed by atoms with Crippen LogP contribution in [0.25, 0.3) is 0 Å². The molecule has 1 aliphatic carbocycles. The van der Waals surface area contributed by atoms with Crippen molar-refractivity contribution >= 4 is 11.6 Å². The number of nitro groups is 1. The molecule has 1 aromatic heterocycles. The van der Waals surface area contributed by atoms with Crippen molar-refractivity contribution in [3.8, 4) is 0 Å². The van der Waals surface area contributed by atoms with E-state index in [1.807, 2.05) is 0 Å². The van der Waals surface area contributed by atoms with Gasteiger partial charge in [-0.05, 0) is 25.7 Å². The van der Waals surface area contributed by atoms with E-state index in [4.69, 9.17) is 5.73 Å². The highest BCUT2D eigenvalue weighted by Gasteiger charge is 2.28. The van der Waals surface area contributed by atoms with Gasteiger partial charge < -0.3 is 15.2 Å². The molecule has 1 fully saturated rings. The zero-order valence-electron chi connectivity index (χ0n) is 11.8. The summed E-state index contributed by atoms with van der Waals surface area (Å²) >= 11 is 0. The van der Waals surface area contributed by atoms with E-state index in [0.717, 1.165) is 25.7 Å². The molecule has 7 nitrogen and oxygen atoms in total. The van der Waals surface area contributed by atoms with Crippen molar-refractivity contribution in [2.45, 2.75) is 37.8 Å². The van der Waals surface area contributed by atoms with Gasteiger partial charge in [0.15, 0.2) is 0 Å². The number of aromatic nitrogens is 1. The smallest absolute Gasteiger partial charge is 0.287 e. The molecule has 0 bridgehead atoms. The van der Waals surface area contributed by atoms with Crippen molar-refractivity contribution in [3.63, 3.8) is 0 Å². The van der Waals surface area contributed by atoms with Crippen molar-refractivity contribution in [1.82, 2.24) is 9.47 Å². The van der Waals surface area contributed by atoms with Gasteiger partial charge in [0.05, 0.1) is 11.1 Å². The summed E-state index contributed by atoms with van der Waals surface area (Å²) in [6.45, 7) is 0. The summed E-state index contributed by atoms with van der Waals surface area (Å²) in [7, 11) is 3.40. The van der Waals surface area contributed by atoms with Gasteiger partial charge >= 0.3 is 0 Å². The number of hydrogen-bond acceptors (Lipinski definition) is 4. The van der Waals surface area contributed by atoms with Crippen LogP contribution < -0.4 is 5.73 Å². The Kier molecular flexibility index (Phi) is 4.08. The predicted molar refractivity (Wildman–Crippen MR) is 74.4 cm³/mol. The first-order valence-corrected chi connectivity index (χ1v) is 6.73. The van der Waals surface area contributed by atoms with E-state index >= 15 is 0 Å². The van der Waals surface area contributed by atoms with Crippen molar-refractivity contribution < 1.29 is 9.72 Å². The standard InChI is InChI=1S/C13H20N4O3/c1-15-8-11(17(19)20)7-12(15)13(18)16(2)10-5-3-9(14)4-6-10/h7-10H,3-6,14H2,1-2H3. The minimum atomic E-state index is -0.490. The minimum Gasteiger partial charge on any atom is -0.340 e. The Morgan fingerprint density at radius 1 is 1.45 bits per heavy atom. The lowest BCUT2D eigenvalue weighted by Gasteiger charge is -2.33. The average Bonchev–Trinajstić information content (AvgIpc) is 2.80. The largest absolute Gasteiger partial charge is 0.340 e. The monoisotopic (exact) mass is 280 g/mol. The maximum Gasteiger partial charge on any atom is 0.287 e. The lowest BCUT2D eigenvalue weighted by molar-refractivity contribution is -0.384. The van der Waals surface area contributed by atoms with Crippen LogP contribution in [0.1, 0.15) is 36.2 Å². The van der Waals surface area contributed by atoms with Gasteiger partial charge in [-0.2, -0.15) is 0 Å². The maximum atomic E-state index is 12.4. The van der Waals surface area contributed by atoms with Crippen LogP contribution >= 0.6 is 0 Å². The first-order chi connectivity index (χ1) is 9.40. The summed E-state index contributed by atoms with van der Waals surface area (Å²) in [5, 5.41) is 10.8. The summed E-state index contributed by atoms with van der Waals surface area (Å²) in [6.07, 6.45) is 4.95. The first kappa shape index (κ1) is 14.5. The summed E-state index contributed by atoms with van der Waals surface area (Å²) in [5.74, 6) is -0.180. The van der Waals surface area contributed by atoms with E-state index < -0.39 is 4.92 Å². The topological polar surface area (TPSA) is 94.4 Å². The summed E-state index contributed by atoms with van der Waals surface area (Å²) in [6, 6.07) is 1.72. The van der Waals surface area contributed by atoms with E-state index in [0.29, 0.717) is 5.69 Å². The third-order valence-electron chi connectivity index (χ3n) is 4.03. The zero-order chi connectivity index (χ0) is 14.9. The van der Waals surface area contributed by atoms with Crippen LogP contribution in [0.3, 0.4) is 0 Å². The second-order valence-corrected chi connectivity index (χ2v) is 5.44. The van der Waals surface area contributed by atoms with E-state index in [9.17, 15) is 14.9 Å². The van der Waals surface area contributed by atoms with Gasteiger partial charge in [-0.15, -0.1) is 0 Å². The molecule has 1 saturated carbocycles. The first-order valence-electron chi connectivity index (χ1n) is 6.73. The average molecular weight is 280 g/mol. The lowest BCUT2D eigenvalue weighted by atomic mass is 9.91. The molecule has 0 saturated heterocycles.